The molecule has 3 aromatic carbocycles. The minimum absolute atomic E-state index is 0.00470. The summed E-state index contributed by atoms with van der Waals surface area (Å²) in [4.78, 5) is 14.4. The Bertz CT molecular complexity index is 1080. The van der Waals surface area contributed by atoms with Crippen LogP contribution in [0, 0.1) is 0 Å². The molecule has 0 saturated heterocycles. The number of hydrogen-bond acceptors (Lipinski definition) is 4. The number of anilines is 1. The Morgan fingerprint density at radius 2 is 1.45 bits per heavy atom. The number of aromatic nitrogens is 3. The largest absolute Gasteiger partial charge is 0.315 e. The zero-order valence-corrected chi connectivity index (χ0v) is 16.8. The molecule has 0 aliphatic rings. The van der Waals surface area contributed by atoms with E-state index in [1.165, 1.54) is 11.8 Å². The predicted octanol–water partition coefficient (Wildman–Crippen LogP) is 4.69. The van der Waals surface area contributed by atoms with Gasteiger partial charge in [0.15, 0.2) is 11.0 Å². The van der Waals surface area contributed by atoms with Crippen molar-refractivity contribution < 1.29 is 4.79 Å². The fourth-order valence-electron chi connectivity index (χ4n) is 2.97. The average molecular weight is 401 g/mol. The number of hydrogen-bond donors (Lipinski definition) is 0. The highest BCUT2D eigenvalue weighted by Gasteiger charge is 2.18. The maximum Gasteiger partial charge on any atom is 0.237 e. The van der Waals surface area contributed by atoms with Crippen molar-refractivity contribution in [3.05, 3.63) is 91.0 Å². The number of thioether (sulfide) groups is 1. The quantitative estimate of drug-likeness (QED) is 0.441. The van der Waals surface area contributed by atoms with E-state index >= 15 is 0 Å². The molecule has 0 bridgehead atoms. The summed E-state index contributed by atoms with van der Waals surface area (Å²) in [6.45, 7) is 0. The molecule has 4 aromatic rings. The minimum Gasteiger partial charge on any atom is -0.315 e. The standard InChI is InChI=1S/C23H20N4OS/c1-26(19-13-7-3-8-14-19)21(28)17-29-23-25-24-22(18-11-5-2-6-12-18)27(23)20-15-9-4-10-16-20/h2-16H,17H2,1H3. The maximum atomic E-state index is 12.7. The molecule has 0 aliphatic carbocycles. The van der Waals surface area contributed by atoms with E-state index in [1.54, 1.807) is 11.9 Å². The van der Waals surface area contributed by atoms with Crippen molar-refractivity contribution in [3.8, 4) is 17.1 Å². The summed E-state index contributed by atoms with van der Waals surface area (Å²) in [6.07, 6.45) is 0. The highest BCUT2D eigenvalue weighted by Crippen LogP contribution is 2.28. The summed E-state index contributed by atoms with van der Waals surface area (Å²) in [7, 11) is 1.79. The molecule has 0 N–H and O–H groups in total. The van der Waals surface area contributed by atoms with Crippen molar-refractivity contribution >= 4 is 23.4 Å². The molecular weight excluding hydrogens is 380 g/mol. The highest BCUT2D eigenvalue weighted by atomic mass is 32.2. The fraction of sp³-hybridized carbons (Fsp3) is 0.0870. The molecule has 0 fully saturated rings. The van der Waals surface area contributed by atoms with Gasteiger partial charge in [-0.25, -0.2) is 0 Å². The van der Waals surface area contributed by atoms with Crippen LogP contribution in [0.15, 0.2) is 96.2 Å². The lowest BCUT2D eigenvalue weighted by atomic mass is 10.2. The van der Waals surface area contributed by atoms with Crippen LogP contribution in [0.5, 0.6) is 0 Å². The van der Waals surface area contributed by atoms with Crippen LogP contribution in [-0.4, -0.2) is 33.5 Å². The van der Waals surface area contributed by atoms with Crippen molar-refractivity contribution in [3.63, 3.8) is 0 Å². The van der Waals surface area contributed by atoms with Crippen LogP contribution in [0.1, 0.15) is 0 Å². The SMILES string of the molecule is CN(C(=O)CSc1nnc(-c2ccccc2)n1-c1ccccc1)c1ccccc1. The number of carbonyl (C=O) groups is 1. The highest BCUT2D eigenvalue weighted by molar-refractivity contribution is 7.99. The Balaban J connectivity index is 1.61. The molecule has 29 heavy (non-hydrogen) atoms. The van der Waals surface area contributed by atoms with Gasteiger partial charge in [-0.3, -0.25) is 9.36 Å². The van der Waals surface area contributed by atoms with Gasteiger partial charge in [-0.15, -0.1) is 10.2 Å². The molecular formula is C23H20N4OS. The Morgan fingerprint density at radius 1 is 0.862 bits per heavy atom. The lowest BCUT2D eigenvalue weighted by Gasteiger charge is -2.17. The third-order valence-electron chi connectivity index (χ3n) is 4.52. The maximum absolute atomic E-state index is 12.7. The molecule has 0 saturated carbocycles. The number of benzene rings is 3. The second-order valence-electron chi connectivity index (χ2n) is 6.42. The molecule has 0 unspecified atom stereocenters. The van der Waals surface area contributed by atoms with Gasteiger partial charge in [-0.05, 0) is 24.3 Å². The molecule has 0 radical (unpaired) electrons. The predicted molar refractivity (Wildman–Crippen MR) is 117 cm³/mol. The molecule has 1 aromatic heterocycles. The number of amides is 1. The smallest absolute Gasteiger partial charge is 0.237 e. The van der Waals surface area contributed by atoms with Crippen LogP contribution < -0.4 is 4.90 Å². The summed E-state index contributed by atoms with van der Waals surface area (Å²) < 4.78 is 2.00. The Morgan fingerprint density at radius 3 is 2.10 bits per heavy atom. The van der Waals surface area contributed by atoms with Gasteiger partial charge < -0.3 is 4.90 Å². The van der Waals surface area contributed by atoms with E-state index in [-0.39, 0.29) is 11.7 Å². The van der Waals surface area contributed by atoms with E-state index in [9.17, 15) is 4.79 Å². The van der Waals surface area contributed by atoms with E-state index in [2.05, 4.69) is 10.2 Å². The lowest BCUT2D eigenvalue weighted by Crippen LogP contribution is -2.27. The molecule has 5 nitrogen and oxygen atoms in total. The number of para-hydroxylation sites is 2. The van der Waals surface area contributed by atoms with Gasteiger partial charge in [-0.2, -0.15) is 0 Å². The van der Waals surface area contributed by atoms with Crippen LogP contribution >= 0.6 is 11.8 Å². The van der Waals surface area contributed by atoms with Gasteiger partial charge in [0.05, 0.1) is 5.75 Å². The summed E-state index contributed by atoms with van der Waals surface area (Å²) in [5.74, 6) is 1.03. The van der Waals surface area contributed by atoms with E-state index in [4.69, 9.17) is 0 Å². The van der Waals surface area contributed by atoms with Gasteiger partial charge in [-0.1, -0.05) is 78.5 Å². The summed E-state index contributed by atoms with van der Waals surface area (Å²) in [5, 5.41) is 9.47. The first-order chi connectivity index (χ1) is 14.2. The van der Waals surface area contributed by atoms with Gasteiger partial charge in [0.25, 0.3) is 0 Å². The van der Waals surface area contributed by atoms with Crippen LogP contribution in [0.2, 0.25) is 0 Å². The molecule has 0 spiro atoms. The van der Waals surface area contributed by atoms with E-state index in [0.29, 0.717) is 5.16 Å². The first kappa shape index (κ1) is 19.0. The van der Waals surface area contributed by atoms with Crippen molar-refractivity contribution in [1.29, 1.82) is 0 Å². The average Bonchev–Trinajstić information content (AvgIpc) is 3.22. The molecule has 4 rings (SSSR count). The zero-order chi connectivity index (χ0) is 20.1. The third-order valence-corrected chi connectivity index (χ3v) is 5.44. The monoisotopic (exact) mass is 400 g/mol. The van der Waals surface area contributed by atoms with Crippen molar-refractivity contribution in [2.75, 3.05) is 17.7 Å². The first-order valence-corrected chi connectivity index (χ1v) is 10.2. The third kappa shape index (κ3) is 4.22. The Kier molecular flexibility index (Phi) is 5.72. The molecule has 0 aliphatic heterocycles. The van der Waals surface area contributed by atoms with Gasteiger partial charge >= 0.3 is 0 Å². The number of nitrogens with zero attached hydrogens (tertiary/aromatic N) is 4. The van der Waals surface area contributed by atoms with Crippen molar-refractivity contribution in [1.82, 2.24) is 14.8 Å². The Hall–Kier alpha value is -3.38. The van der Waals surface area contributed by atoms with Crippen molar-refractivity contribution in [2.45, 2.75) is 5.16 Å². The van der Waals surface area contributed by atoms with Crippen molar-refractivity contribution in [2.24, 2.45) is 0 Å². The van der Waals surface area contributed by atoms with Gasteiger partial charge in [0.2, 0.25) is 5.91 Å². The molecule has 144 valence electrons. The second kappa shape index (κ2) is 8.75. The minimum atomic E-state index is 0.00470. The van der Waals surface area contributed by atoms with Crippen LogP contribution in [0.25, 0.3) is 17.1 Å². The van der Waals surface area contributed by atoms with E-state index in [0.717, 1.165) is 22.8 Å². The molecule has 6 heteroatoms. The Labute approximate surface area is 174 Å². The van der Waals surface area contributed by atoms with Gasteiger partial charge in [0.1, 0.15) is 0 Å². The van der Waals surface area contributed by atoms with Crippen LogP contribution in [0.3, 0.4) is 0 Å². The summed E-state index contributed by atoms with van der Waals surface area (Å²) in [5.41, 5.74) is 2.80. The normalized spacial score (nSPS) is 10.7. The summed E-state index contributed by atoms with van der Waals surface area (Å²) in [6, 6.07) is 29.5. The number of carbonyl (C=O) groups excluding carboxylic acids is 1. The van der Waals surface area contributed by atoms with Gasteiger partial charge in [0, 0.05) is 24.0 Å². The number of rotatable bonds is 6. The molecule has 1 amide bonds. The fourth-order valence-corrected chi connectivity index (χ4v) is 3.83. The van der Waals surface area contributed by atoms with E-state index < -0.39 is 0 Å². The second-order valence-corrected chi connectivity index (χ2v) is 7.36. The zero-order valence-electron chi connectivity index (χ0n) is 16.0. The topological polar surface area (TPSA) is 51.0 Å². The first-order valence-electron chi connectivity index (χ1n) is 9.24. The summed E-state index contributed by atoms with van der Waals surface area (Å²) >= 11 is 1.39. The lowest BCUT2D eigenvalue weighted by molar-refractivity contribution is -0.115. The molecule has 1 heterocycles. The molecule has 0 atom stereocenters. The van der Waals surface area contributed by atoms with E-state index in [1.807, 2.05) is 95.6 Å². The van der Waals surface area contributed by atoms with Crippen LogP contribution in [0.4, 0.5) is 5.69 Å². The van der Waals surface area contributed by atoms with Crippen LogP contribution in [-0.2, 0) is 4.79 Å².